The molecular weight excluding hydrogens is 467 g/mol. The van der Waals surface area contributed by atoms with Crippen LogP contribution >= 0.6 is 0 Å². The van der Waals surface area contributed by atoms with Gasteiger partial charge in [0.1, 0.15) is 23.9 Å². The summed E-state index contributed by atoms with van der Waals surface area (Å²) >= 11 is 0. The largest absolute Gasteiger partial charge is 0.497 e. The zero-order valence-corrected chi connectivity index (χ0v) is 19.3. The van der Waals surface area contributed by atoms with Crippen LogP contribution < -0.4 is 20.3 Å². The number of aryl methyl sites for hydroxylation is 1. The van der Waals surface area contributed by atoms with Crippen molar-refractivity contribution in [2.75, 3.05) is 26.1 Å². The number of hydrogen-bond acceptors (Lipinski definition) is 6. The number of rotatable bonds is 8. The highest BCUT2D eigenvalue weighted by Gasteiger charge is 2.30. The molecule has 3 aromatic rings. The quantitative estimate of drug-likeness (QED) is 0.501. The van der Waals surface area contributed by atoms with Crippen molar-refractivity contribution in [1.29, 1.82) is 0 Å². The monoisotopic (exact) mass is 491 g/mol. The maximum absolute atomic E-state index is 13.2. The number of anilines is 1. The molecule has 0 fully saturated rings. The molecule has 11 heteroatoms. The number of carbonyl (C=O) groups is 1. The number of aromatic nitrogens is 2. The van der Waals surface area contributed by atoms with Crippen molar-refractivity contribution >= 4 is 11.6 Å². The predicted octanol–water partition coefficient (Wildman–Crippen LogP) is 3.43. The van der Waals surface area contributed by atoms with Crippen LogP contribution in [0.25, 0.3) is 11.4 Å². The number of benzene rings is 2. The highest BCUT2D eigenvalue weighted by Crippen LogP contribution is 2.31. The van der Waals surface area contributed by atoms with E-state index >= 15 is 0 Å². The van der Waals surface area contributed by atoms with Gasteiger partial charge in [0.05, 0.1) is 19.8 Å². The lowest BCUT2D eigenvalue weighted by Gasteiger charge is -2.17. The topological polar surface area (TPSA) is 103 Å². The first-order chi connectivity index (χ1) is 16.6. The maximum atomic E-state index is 13.2. The Balaban J connectivity index is 2.02. The SMILES string of the molecule is COc1cc(NC(=O)Cn2c(-c3ccc(C(F)(F)F)cc3)nc(C)c(CCO)c2=O)cc(OC)c1. The number of aliphatic hydroxyl groups excluding tert-OH is 1. The number of methoxy groups -OCH3 is 2. The molecule has 0 aliphatic heterocycles. The number of ether oxygens (including phenoxy) is 2. The van der Waals surface area contributed by atoms with E-state index in [9.17, 15) is 27.9 Å². The second-order valence-corrected chi connectivity index (χ2v) is 7.59. The van der Waals surface area contributed by atoms with E-state index in [-0.39, 0.29) is 30.0 Å². The summed E-state index contributed by atoms with van der Waals surface area (Å²) in [6.07, 6.45) is -4.51. The number of alkyl halides is 3. The van der Waals surface area contributed by atoms with Gasteiger partial charge < -0.3 is 19.9 Å². The molecule has 2 N–H and O–H groups in total. The Bertz CT molecular complexity index is 1250. The molecular formula is C24H24F3N3O5. The fraction of sp³-hybridized carbons (Fsp3) is 0.292. The maximum Gasteiger partial charge on any atom is 0.416 e. The van der Waals surface area contributed by atoms with Crippen LogP contribution in [0.4, 0.5) is 18.9 Å². The molecule has 1 heterocycles. The second kappa shape index (κ2) is 10.6. The smallest absolute Gasteiger partial charge is 0.416 e. The molecule has 0 radical (unpaired) electrons. The molecule has 0 aliphatic carbocycles. The standard InChI is InChI=1S/C24H24F3N3O5/c1-14-20(8-9-31)23(33)30(22(28-14)15-4-6-16(7-5-15)24(25,26)27)13-21(32)29-17-10-18(34-2)12-19(11-17)35-3/h4-7,10-12,31H,8-9,13H2,1-3H3,(H,29,32). The van der Waals surface area contributed by atoms with Crippen LogP contribution in [0, 0.1) is 6.92 Å². The minimum Gasteiger partial charge on any atom is -0.497 e. The Morgan fingerprint density at radius 1 is 1.09 bits per heavy atom. The van der Waals surface area contributed by atoms with Gasteiger partial charge in [-0.15, -0.1) is 0 Å². The van der Waals surface area contributed by atoms with Crippen LogP contribution in [-0.2, 0) is 23.9 Å². The molecule has 186 valence electrons. The molecule has 2 aromatic carbocycles. The molecule has 0 aliphatic rings. The van der Waals surface area contributed by atoms with Crippen molar-refractivity contribution in [2.45, 2.75) is 26.1 Å². The molecule has 35 heavy (non-hydrogen) atoms. The lowest BCUT2D eigenvalue weighted by Crippen LogP contribution is -2.33. The van der Waals surface area contributed by atoms with Crippen LogP contribution in [0.1, 0.15) is 16.8 Å². The van der Waals surface area contributed by atoms with Gasteiger partial charge in [0, 0.05) is 53.7 Å². The van der Waals surface area contributed by atoms with E-state index in [0.717, 1.165) is 16.7 Å². The van der Waals surface area contributed by atoms with Gasteiger partial charge in [-0.1, -0.05) is 12.1 Å². The summed E-state index contributed by atoms with van der Waals surface area (Å²) in [6, 6.07) is 8.88. The summed E-state index contributed by atoms with van der Waals surface area (Å²) in [5.74, 6) is 0.312. The summed E-state index contributed by atoms with van der Waals surface area (Å²) in [5.41, 5.74) is -0.323. The number of aliphatic hydroxyl groups is 1. The van der Waals surface area contributed by atoms with Gasteiger partial charge in [-0.2, -0.15) is 13.2 Å². The van der Waals surface area contributed by atoms with Crippen LogP contribution in [0.3, 0.4) is 0 Å². The van der Waals surface area contributed by atoms with Gasteiger partial charge in [-0.3, -0.25) is 14.2 Å². The molecule has 0 saturated heterocycles. The number of halogens is 3. The van der Waals surface area contributed by atoms with Crippen molar-refractivity contribution in [3.05, 3.63) is 69.6 Å². The fourth-order valence-corrected chi connectivity index (χ4v) is 3.50. The first-order valence-corrected chi connectivity index (χ1v) is 10.5. The van der Waals surface area contributed by atoms with Crippen LogP contribution in [-0.4, -0.2) is 41.4 Å². The molecule has 0 bridgehead atoms. The minimum absolute atomic E-state index is 0.0136. The third-order valence-corrected chi connectivity index (χ3v) is 5.24. The number of nitrogens with zero attached hydrogens (tertiary/aromatic N) is 2. The molecule has 3 rings (SSSR count). The fourth-order valence-electron chi connectivity index (χ4n) is 3.50. The average Bonchev–Trinajstić information content (AvgIpc) is 2.82. The number of hydrogen-bond donors (Lipinski definition) is 2. The predicted molar refractivity (Wildman–Crippen MR) is 123 cm³/mol. The van der Waals surface area contributed by atoms with Gasteiger partial charge in [0.25, 0.3) is 5.56 Å². The van der Waals surface area contributed by atoms with E-state index < -0.39 is 29.8 Å². The Morgan fingerprint density at radius 2 is 1.69 bits per heavy atom. The Labute approximate surface area is 199 Å². The van der Waals surface area contributed by atoms with E-state index in [1.54, 1.807) is 25.1 Å². The summed E-state index contributed by atoms with van der Waals surface area (Å²) in [5, 5.41) is 12.0. The molecule has 0 spiro atoms. The lowest BCUT2D eigenvalue weighted by atomic mass is 10.1. The van der Waals surface area contributed by atoms with E-state index in [1.165, 1.54) is 26.4 Å². The summed E-state index contributed by atoms with van der Waals surface area (Å²) in [6.45, 7) is 0.778. The highest BCUT2D eigenvalue weighted by atomic mass is 19.4. The van der Waals surface area contributed by atoms with Gasteiger partial charge >= 0.3 is 6.18 Å². The highest BCUT2D eigenvalue weighted by molar-refractivity contribution is 5.91. The summed E-state index contributed by atoms with van der Waals surface area (Å²) < 4.78 is 50.4. The third kappa shape index (κ3) is 5.99. The normalized spacial score (nSPS) is 11.3. The molecule has 0 atom stereocenters. The van der Waals surface area contributed by atoms with Gasteiger partial charge in [0.2, 0.25) is 5.91 Å². The molecule has 0 saturated carbocycles. The number of amides is 1. The van der Waals surface area contributed by atoms with E-state index in [1.807, 2.05) is 0 Å². The van der Waals surface area contributed by atoms with Gasteiger partial charge in [-0.05, 0) is 19.1 Å². The Hall–Kier alpha value is -3.86. The summed E-state index contributed by atoms with van der Waals surface area (Å²) in [7, 11) is 2.91. The van der Waals surface area contributed by atoms with Crippen molar-refractivity contribution in [3.63, 3.8) is 0 Å². The van der Waals surface area contributed by atoms with Gasteiger partial charge in [0.15, 0.2) is 0 Å². The van der Waals surface area contributed by atoms with Crippen LogP contribution in [0.15, 0.2) is 47.3 Å². The average molecular weight is 491 g/mol. The van der Waals surface area contributed by atoms with E-state index in [2.05, 4.69) is 10.3 Å². The second-order valence-electron chi connectivity index (χ2n) is 7.59. The molecule has 1 amide bonds. The zero-order valence-electron chi connectivity index (χ0n) is 19.3. The lowest BCUT2D eigenvalue weighted by molar-refractivity contribution is -0.137. The van der Waals surface area contributed by atoms with Crippen LogP contribution in [0.2, 0.25) is 0 Å². The van der Waals surface area contributed by atoms with E-state index in [0.29, 0.717) is 22.9 Å². The van der Waals surface area contributed by atoms with Crippen LogP contribution in [0.5, 0.6) is 11.5 Å². The minimum atomic E-state index is -4.52. The first-order valence-electron chi connectivity index (χ1n) is 10.5. The van der Waals surface area contributed by atoms with Crippen molar-refractivity contribution in [1.82, 2.24) is 9.55 Å². The molecule has 0 unspecified atom stereocenters. The number of nitrogens with one attached hydrogen (secondary N) is 1. The van der Waals surface area contributed by atoms with E-state index in [4.69, 9.17) is 9.47 Å². The van der Waals surface area contributed by atoms with Crippen molar-refractivity contribution in [2.24, 2.45) is 0 Å². The van der Waals surface area contributed by atoms with Crippen molar-refractivity contribution in [3.8, 4) is 22.9 Å². The van der Waals surface area contributed by atoms with Gasteiger partial charge in [-0.25, -0.2) is 4.98 Å². The summed E-state index contributed by atoms with van der Waals surface area (Å²) in [4.78, 5) is 30.5. The molecule has 8 nitrogen and oxygen atoms in total. The Morgan fingerprint density at radius 3 is 2.20 bits per heavy atom. The zero-order chi connectivity index (χ0) is 25.8. The number of carbonyl (C=O) groups excluding carboxylic acids is 1. The molecule has 1 aromatic heterocycles. The first kappa shape index (κ1) is 25.8. The Kier molecular flexibility index (Phi) is 7.80. The van der Waals surface area contributed by atoms with Crippen molar-refractivity contribution < 1.29 is 32.5 Å². The third-order valence-electron chi connectivity index (χ3n) is 5.24.